The summed E-state index contributed by atoms with van der Waals surface area (Å²) in [5.41, 5.74) is 2.11. The van der Waals surface area contributed by atoms with Gasteiger partial charge < -0.3 is 14.3 Å². The zero-order valence-corrected chi connectivity index (χ0v) is 10.4. The molecular formula is C12H16N2OS. The number of hydrogen-bond donors (Lipinski definition) is 1. The zero-order chi connectivity index (χ0) is 11.5. The lowest BCUT2D eigenvalue weighted by Crippen LogP contribution is -1.97. The Morgan fingerprint density at radius 1 is 1.44 bits per heavy atom. The van der Waals surface area contributed by atoms with Crippen LogP contribution in [0.3, 0.4) is 0 Å². The minimum Gasteiger partial charge on any atom is -0.494 e. The minimum absolute atomic E-state index is 0.771. The molecule has 0 aliphatic rings. The monoisotopic (exact) mass is 236 g/mol. The number of unbranched alkanes of at least 4 members (excludes halogenated alkanes) is 1. The summed E-state index contributed by atoms with van der Waals surface area (Å²) in [4.78, 5) is 3.21. The normalized spacial score (nSPS) is 10.9. The average molecular weight is 236 g/mol. The van der Waals surface area contributed by atoms with Crippen molar-refractivity contribution in [1.29, 1.82) is 0 Å². The summed E-state index contributed by atoms with van der Waals surface area (Å²) in [6, 6.07) is 6.00. The molecule has 1 N–H and O–H groups in total. The maximum atomic E-state index is 5.33. The zero-order valence-electron chi connectivity index (χ0n) is 9.62. The lowest BCUT2D eigenvalue weighted by Gasteiger charge is -2.04. The molecule has 2 rings (SSSR count). The van der Waals surface area contributed by atoms with E-state index in [4.69, 9.17) is 17.0 Å². The second-order valence-corrected chi connectivity index (χ2v) is 4.18. The lowest BCUT2D eigenvalue weighted by molar-refractivity contribution is 0.419. The molecule has 0 aliphatic heterocycles. The molecule has 0 fully saturated rings. The maximum Gasteiger partial charge on any atom is 0.178 e. The van der Waals surface area contributed by atoms with Gasteiger partial charge in [0.1, 0.15) is 11.3 Å². The van der Waals surface area contributed by atoms with Gasteiger partial charge in [-0.2, -0.15) is 0 Å². The van der Waals surface area contributed by atoms with Crippen molar-refractivity contribution >= 4 is 23.3 Å². The van der Waals surface area contributed by atoms with E-state index in [0.717, 1.165) is 34.5 Å². The molecule has 1 aromatic carbocycles. The fraction of sp³-hybridized carbons (Fsp3) is 0.417. The van der Waals surface area contributed by atoms with Crippen LogP contribution >= 0.6 is 12.2 Å². The predicted molar refractivity (Wildman–Crippen MR) is 68.6 cm³/mol. The summed E-state index contributed by atoms with van der Waals surface area (Å²) in [6.45, 7) is 3.14. The van der Waals surface area contributed by atoms with Gasteiger partial charge >= 0.3 is 0 Å². The Morgan fingerprint density at radius 2 is 2.25 bits per heavy atom. The van der Waals surface area contributed by atoms with E-state index in [0.29, 0.717) is 0 Å². The van der Waals surface area contributed by atoms with Crippen molar-refractivity contribution in [3.63, 3.8) is 0 Å². The number of fused-ring (bicyclic) bond motifs is 1. The van der Waals surface area contributed by atoms with E-state index in [1.165, 1.54) is 6.42 Å². The van der Waals surface area contributed by atoms with Crippen molar-refractivity contribution in [2.24, 2.45) is 0 Å². The SMILES string of the molecule is CCCCn1c(=S)[nH]c2c(OC)cccc21. The molecule has 1 heterocycles. The molecule has 0 unspecified atom stereocenters. The number of imidazole rings is 1. The number of aryl methyl sites for hydroxylation is 1. The summed E-state index contributed by atoms with van der Waals surface area (Å²) in [6.07, 6.45) is 2.30. The van der Waals surface area contributed by atoms with E-state index in [-0.39, 0.29) is 0 Å². The standard InChI is InChI=1S/C12H16N2OS/c1-3-4-8-14-9-6-5-7-10(15-2)11(9)13-12(14)16/h5-7H,3-4,8H2,1-2H3,(H,13,16). The average Bonchev–Trinajstić information content (AvgIpc) is 2.62. The molecule has 0 saturated carbocycles. The van der Waals surface area contributed by atoms with Crippen LogP contribution in [-0.2, 0) is 6.54 Å². The van der Waals surface area contributed by atoms with E-state index in [2.05, 4.69) is 22.5 Å². The first kappa shape index (κ1) is 11.2. The summed E-state index contributed by atoms with van der Waals surface area (Å²) in [5.74, 6) is 0.846. The fourth-order valence-corrected chi connectivity index (χ4v) is 2.15. The minimum atomic E-state index is 0.771. The van der Waals surface area contributed by atoms with Crippen LogP contribution in [0.15, 0.2) is 18.2 Å². The van der Waals surface area contributed by atoms with Gasteiger partial charge in [-0.25, -0.2) is 0 Å². The summed E-state index contributed by atoms with van der Waals surface area (Å²) >= 11 is 5.33. The summed E-state index contributed by atoms with van der Waals surface area (Å²) < 4.78 is 8.22. The number of ether oxygens (including phenoxy) is 1. The van der Waals surface area contributed by atoms with Crippen molar-refractivity contribution in [1.82, 2.24) is 9.55 Å². The van der Waals surface area contributed by atoms with Crippen LogP contribution in [0.25, 0.3) is 11.0 Å². The Morgan fingerprint density at radius 3 is 2.94 bits per heavy atom. The van der Waals surface area contributed by atoms with Crippen molar-refractivity contribution in [3.8, 4) is 5.75 Å². The fourth-order valence-electron chi connectivity index (χ4n) is 1.86. The smallest absolute Gasteiger partial charge is 0.178 e. The van der Waals surface area contributed by atoms with Crippen molar-refractivity contribution in [2.75, 3.05) is 7.11 Å². The van der Waals surface area contributed by atoms with Crippen LogP contribution in [0.4, 0.5) is 0 Å². The maximum absolute atomic E-state index is 5.33. The number of rotatable bonds is 4. The molecule has 86 valence electrons. The number of H-pyrrole nitrogens is 1. The van der Waals surface area contributed by atoms with Crippen LogP contribution in [-0.4, -0.2) is 16.7 Å². The molecule has 1 aromatic heterocycles. The van der Waals surface area contributed by atoms with Gasteiger partial charge in [0.05, 0.1) is 12.6 Å². The second kappa shape index (κ2) is 4.70. The number of benzene rings is 1. The number of hydrogen-bond acceptors (Lipinski definition) is 2. The van der Waals surface area contributed by atoms with E-state index in [9.17, 15) is 0 Å². The van der Waals surface area contributed by atoms with E-state index in [1.54, 1.807) is 7.11 Å². The highest BCUT2D eigenvalue weighted by Crippen LogP contribution is 2.24. The molecule has 16 heavy (non-hydrogen) atoms. The van der Waals surface area contributed by atoms with Crippen molar-refractivity contribution < 1.29 is 4.74 Å². The largest absolute Gasteiger partial charge is 0.494 e. The third kappa shape index (κ3) is 1.85. The quantitative estimate of drug-likeness (QED) is 0.823. The Balaban J connectivity index is 2.57. The Hall–Kier alpha value is -1.29. The number of nitrogens with zero attached hydrogens (tertiary/aromatic N) is 1. The van der Waals surface area contributed by atoms with Crippen LogP contribution in [0.2, 0.25) is 0 Å². The molecule has 0 saturated heterocycles. The first-order valence-electron chi connectivity index (χ1n) is 5.53. The van der Waals surface area contributed by atoms with Gasteiger partial charge in [0, 0.05) is 6.54 Å². The molecule has 2 aromatic rings. The third-order valence-electron chi connectivity index (χ3n) is 2.73. The number of methoxy groups -OCH3 is 1. The molecule has 0 atom stereocenters. The molecule has 0 aliphatic carbocycles. The Labute approximate surface area is 100 Å². The highest BCUT2D eigenvalue weighted by molar-refractivity contribution is 7.71. The first-order valence-corrected chi connectivity index (χ1v) is 5.94. The van der Waals surface area contributed by atoms with E-state index >= 15 is 0 Å². The van der Waals surface area contributed by atoms with Gasteiger partial charge in [0.15, 0.2) is 4.77 Å². The number of para-hydroxylation sites is 1. The molecular weight excluding hydrogens is 220 g/mol. The molecule has 0 radical (unpaired) electrons. The second-order valence-electron chi connectivity index (χ2n) is 3.79. The third-order valence-corrected chi connectivity index (χ3v) is 3.05. The first-order chi connectivity index (χ1) is 7.77. The Kier molecular flexibility index (Phi) is 3.29. The molecule has 0 spiro atoms. The highest BCUT2D eigenvalue weighted by atomic mass is 32.1. The van der Waals surface area contributed by atoms with Crippen molar-refractivity contribution in [3.05, 3.63) is 23.0 Å². The van der Waals surface area contributed by atoms with E-state index in [1.807, 2.05) is 12.1 Å². The highest BCUT2D eigenvalue weighted by Gasteiger charge is 2.07. The number of nitrogens with one attached hydrogen (secondary N) is 1. The predicted octanol–water partition coefficient (Wildman–Crippen LogP) is 3.51. The Bertz CT molecular complexity index is 541. The molecule has 0 amide bonds. The number of aromatic amines is 1. The molecule has 4 heteroatoms. The molecule has 3 nitrogen and oxygen atoms in total. The number of aromatic nitrogens is 2. The lowest BCUT2D eigenvalue weighted by atomic mass is 10.3. The van der Waals surface area contributed by atoms with Gasteiger partial charge in [0.25, 0.3) is 0 Å². The van der Waals surface area contributed by atoms with E-state index < -0.39 is 0 Å². The van der Waals surface area contributed by atoms with Gasteiger partial charge in [-0.3, -0.25) is 0 Å². The van der Waals surface area contributed by atoms with Crippen LogP contribution < -0.4 is 4.74 Å². The van der Waals surface area contributed by atoms with Crippen LogP contribution in [0.1, 0.15) is 19.8 Å². The summed E-state index contributed by atoms with van der Waals surface area (Å²) in [7, 11) is 1.68. The summed E-state index contributed by atoms with van der Waals surface area (Å²) in [5, 5.41) is 0. The van der Waals surface area contributed by atoms with Gasteiger partial charge in [0.2, 0.25) is 0 Å². The van der Waals surface area contributed by atoms with Crippen LogP contribution in [0.5, 0.6) is 5.75 Å². The van der Waals surface area contributed by atoms with Gasteiger partial charge in [-0.1, -0.05) is 19.4 Å². The molecule has 0 bridgehead atoms. The topological polar surface area (TPSA) is 29.9 Å². The van der Waals surface area contributed by atoms with Crippen molar-refractivity contribution in [2.45, 2.75) is 26.3 Å². The van der Waals surface area contributed by atoms with Crippen LogP contribution in [0, 0.1) is 4.77 Å². The van der Waals surface area contributed by atoms with Gasteiger partial charge in [-0.05, 0) is 30.8 Å². The van der Waals surface area contributed by atoms with Gasteiger partial charge in [-0.15, -0.1) is 0 Å².